The Labute approximate surface area is 90.9 Å². The van der Waals surface area contributed by atoms with E-state index in [0.29, 0.717) is 16.8 Å². The van der Waals surface area contributed by atoms with Gasteiger partial charge in [-0.1, -0.05) is 0 Å². The van der Waals surface area contributed by atoms with Gasteiger partial charge in [-0.25, -0.2) is 5.84 Å². The van der Waals surface area contributed by atoms with Crippen molar-refractivity contribution in [3.63, 3.8) is 0 Å². The Kier molecular flexibility index (Phi) is 2.57. The van der Waals surface area contributed by atoms with Crippen molar-refractivity contribution >= 4 is 16.7 Å². The van der Waals surface area contributed by atoms with E-state index in [1.54, 1.807) is 24.4 Å². The van der Waals surface area contributed by atoms with Crippen molar-refractivity contribution in [3.05, 3.63) is 46.2 Å². The Morgan fingerprint density at radius 2 is 2.19 bits per heavy atom. The Morgan fingerprint density at radius 1 is 1.38 bits per heavy atom. The minimum absolute atomic E-state index is 0.0657. The van der Waals surface area contributed by atoms with Gasteiger partial charge in [-0.05, 0) is 18.2 Å². The molecule has 2 aromatic rings. The van der Waals surface area contributed by atoms with Gasteiger partial charge in [0.25, 0.3) is 0 Å². The first-order valence-corrected chi connectivity index (χ1v) is 4.62. The molecule has 6 heteroatoms. The van der Waals surface area contributed by atoms with Crippen LogP contribution in [0, 0.1) is 0 Å². The summed E-state index contributed by atoms with van der Waals surface area (Å²) in [5, 5.41) is 4.05. The van der Waals surface area contributed by atoms with Gasteiger partial charge in [0.15, 0.2) is 11.3 Å². The fourth-order valence-electron chi connectivity index (χ4n) is 1.51. The number of pyridine rings is 1. The van der Waals surface area contributed by atoms with Crippen molar-refractivity contribution in [2.75, 3.05) is 0 Å². The first-order valence-electron chi connectivity index (χ1n) is 4.62. The van der Waals surface area contributed by atoms with Gasteiger partial charge in [0.05, 0.1) is 0 Å². The molecule has 1 heterocycles. The predicted molar refractivity (Wildman–Crippen MR) is 62.6 cm³/mol. The summed E-state index contributed by atoms with van der Waals surface area (Å²) in [5.41, 5.74) is 3.71. The molecule has 82 valence electrons. The summed E-state index contributed by atoms with van der Waals surface area (Å²) in [4.78, 5) is 14.6. The predicted octanol–water partition coefficient (Wildman–Crippen LogP) is -0.388. The van der Waals surface area contributed by atoms with Crippen molar-refractivity contribution in [2.45, 2.75) is 0 Å². The minimum atomic E-state index is -0.0657. The van der Waals surface area contributed by atoms with Crippen molar-refractivity contribution in [2.24, 2.45) is 16.8 Å². The number of rotatable bonds is 1. The average Bonchev–Trinajstić information content (AvgIpc) is 2.32. The highest BCUT2D eigenvalue weighted by atomic mass is 16.1. The summed E-state index contributed by atoms with van der Waals surface area (Å²) >= 11 is 0. The van der Waals surface area contributed by atoms with E-state index >= 15 is 0 Å². The molecule has 0 radical (unpaired) electrons. The van der Waals surface area contributed by atoms with Gasteiger partial charge < -0.3 is 16.3 Å². The maximum atomic E-state index is 11.6. The van der Waals surface area contributed by atoms with E-state index in [1.807, 2.05) is 0 Å². The summed E-state index contributed by atoms with van der Waals surface area (Å²) in [6, 6.07) is 6.68. The Balaban J connectivity index is 2.68. The second-order valence-corrected chi connectivity index (χ2v) is 3.22. The maximum absolute atomic E-state index is 11.6. The van der Waals surface area contributed by atoms with Gasteiger partial charge in [-0.2, -0.15) is 5.10 Å². The van der Waals surface area contributed by atoms with Crippen LogP contribution in [0.4, 0.5) is 0 Å². The molecule has 0 atom stereocenters. The highest BCUT2D eigenvalue weighted by molar-refractivity contribution is 6.01. The Bertz CT molecular complexity index is 601. The molecular weight excluding hydrogens is 206 g/mol. The lowest BCUT2D eigenvalue weighted by Gasteiger charge is -2.04. The van der Waals surface area contributed by atoms with Gasteiger partial charge in [-0.3, -0.25) is 4.79 Å². The summed E-state index contributed by atoms with van der Waals surface area (Å²) in [7, 11) is 0. The third kappa shape index (κ3) is 1.61. The number of aromatic amines is 1. The number of amidine groups is 1. The third-order valence-electron chi connectivity index (χ3n) is 2.30. The molecule has 0 aliphatic rings. The van der Waals surface area contributed by atoms with E-state index < -0.39 is 0 Å². The average molecular weight is 217 g/mol. The first kappa shape index (κ1) is 10.2. The number of nitrogens with two attached hydrogens (primary N) is 2. The number of nitrogens with zero attached hydrogens (tertiary/aromatic N) is 1. The lowest BCUT2D eigenvalue weighted by molar-refractivity contribution is 1.00. The standard InChI is InChI=1S/C10H11N5O/c11-14-10(15-12)6-1-2-8-7(5-6)9(16)3-4-13-8/h1-5H,11-12H2,(H,13,16)(H,14,15). The molecule has 0 saturated carbocycles. The molecule has 0 spiro atoms. The fourth-order valence-corrected chi connectivity index (χ4v) is 1.51. The van der Waals surface area contributed by atoms with E-state index in [2.05, 4.69) is 15.5 Å². The van der Waals surface area contributed by atoms with Crippen LogP contribution < -0.4 is 22.5 Å². The van der Waals surface area contributed by atoms with E-state index in [-0.39, 0.29) is 5.43 Å². The van der Waals surface area contributed by atoms with Gasteiger partial charge in [-0.15, -0.1) is 0 Å². The van der Waals surface area contributed by atoms with E-state index in [0.717, 1.165) is 5.52 Å². The summed E-state index contributed by atoms with van der Waals surface area (Å²) in [6.45, 7) is 0. The second-order valence-electron chi connectivity index (χ2n) is 3.22. The van der Waals surface area contributed by atoms with Gasteiger partial charge in [0.1, 0.15) is 0 Å². The van der Waals surface area contributed by atoms with Crippen LogP contribution in [0.2, 0.25) is 0 Å². The van der Waals surface area contributed by atoms with Crippen molar-refractivity contribution in [3.8, 4) is 0 Å². The molecular formula is C10H11N5O. The van der Waals surface area contributed by atoms with Crippen LogP contribution in [0.15, 0.2) is 40.4 Å². The molecule has 2 rings (SSSR count). The minimum Gasteiger partial charge on any atom is -0.361 e. The van der Waals surface area contributed by atoms with Crippen LogP contribution in [0.5, 0.6) is 0 Å². The van der Waals surface area contributed by atoms with Crippen molar-refractivity contribution in [1.82, 2.24) is 10.4 Å². The van der Waals surface area contributed by atoms with E-state index in [4.69, 9.17) is 11.7 Å². The number of hydrazine groups is 1. The van der Waals surface area contributed by atoms with Crippen LogP contribution in [-0.4, -0.2) is 10.8 Å². The second kappa shape index (κ2) is 4.03. The van der Waals surface area contributed by atoms with Gasteiger partial charge in [0, 0.05) is 28.7 Å². The molecule has 0 unspecified atom stereocenters. The van der Waals surface area contributed by atoms with Crippen LogP contribution in [0.1, 0.15) is 5.56 Å². The molecule has 0 fully saturated rings. The monoisotopic (exact) mass is 217 g/mol. The molecule has 0 amide bonds. The molecule has 0 aliphatic carbocycles. The number of nitrogens with one attached hydrogen (secondary N) is 2. The number of hydrogen-bond donors (Lipinski definition) is 4. The SMILES string of the molecule is N/N=C(\NN)c1ccc2[nH]ccc(=O)c2c1. The number of hydrogen-bond acceptors (Lipinski definition) is 4. The quantitative estimate of drug-likeness (QED) is 0.226. The Morgan fingerprint density at radius 3 is 2.88 bits per heavy atom. The van der Waals surface area contributed by atoms with Crippen LogP contribution >= 0.6 is 0 Å². The number of hydrazone groups is 1. The summed E-state index contributed by atoms with van der Waals surface area (Å²) in [5.74, 6) is 10.7. The maximum Gasteiger partial charge on any atom is 0.189 e. The normalized spacial score (nSPS) is 11.7. The van der Waals surface area contributed by atoms with Crippen LogP contribution in [0.25, 0.3) is 10.9 Å². The molecule has 6 N–H and O–H groups in total. The molecule has 0 bridgehead atoms. The topological polar surface area (TPSA) is 109 Å². The number of H-pyrrole nitrogens is 1. The summed E-state index contributed by atoms with van der Waals surface area (Å²) < 4.78 is 0. The van der Waals surface area contributed by atoms with Crippen molar-refractivity contribution < 1.29 is 0 Å². The number of aromatic nitrogens is 1. The zero-order valence-corrected chi connectivity index (χ0v) is 8.40. The molecule has 1 aromatic carbocycles. The smallest absolute Gasteiger partial charge is 0.189 e. The molecule has 0 aliphatic heterocycles. The largest absolute Gasteiger partial charge is 0.361 e. The zero-order valence-electron chi connectivity index (χ0n) is 8.40. The Hall–Kier alpha value is -2.34. The molecule has 16 heavy (non-hydrogen) atoms. The first-order chi connectivity index (χ1) is 7.76. The van der Waals surface area contributed by atoms with Crippen LogP contribution in [0.3, 0.4) is 0 Å². The lowest BCUT2D eigenvalue weighted by Crippen LogP contribution is -2.32. The molecule has 1 aromatic heterocycles. The fraction of sp³-hybridized carbons (Fsp3) is 0. The van der Waals surface area contributed by atoms with Gasteiger partial charge in [0.2, 0.25) is 0 Å². The number of fused-ring (bicyclic) bond motifs is 1. The highest BCUT2D eigenvalue weighted by Crippen LogP contribution is 2.09. The zero-order chi connectivity index (χ0) is 11.5. The number of benzene rings is 1. The van der Waals surface area contributed by atoms with E-state index in [9.17, 15) is 4.79 Å². The molecule has 0 saturated heterocycles. The molecule has 6 nitrogen and oxygen atoms in total. The highest BCUT2D eigenvalue weighted by Gasteiger charge is 2.04. The lowest BCUT2D eigenvalue weighted by atomic mass is 10.1. The third-order valence-corrected chi connectivity index (χ3v) is 2.30. The van der Waals surface area contributed by atoms with Crippen molar-refractivity contribution in [1.29, 1.82) is 0 Å². The van der Waals surface area contributed by atoms with E-state index in [1.165, 1.54) is 6.07 Å². The van der Waals surface area contributed by atoms with Gasteiger partial charge >= 0.3 is 0 Å². The van der Waals surface area contributed by atoms with Crippen LogP contribution in [-0.2, 0) is 0 Å². The summed E-state index contributed by atoms with van der Waals surface area (Å²) in [6.07, 6.45) is 1.60.